The third kappa shape index (κ3) is 4.48. The third-order valence-corrected chi connectivity index (χ3v) is 6.19. The molecule has 2 aliphatic rings. The zero-order valence-electron chi connectivity index (χ0n) is 18.7. The topological polar surface area (TPSA) is 94.2 Å². The molecule has 0 saturated carbocycles. The Morgan fingerprint density at radius 3 is 2.68 bits per heavy atom. The Labute approximate surface area is 183 Å². The van der Waals surface area contributed by atoms with Crippen molar-refractivity contribution in [2.75, 3.05) is 20.8 Å². The van der Waals surface area contributed by atoms with E-state index >= 15 is 0 Å². The Bertz CT molecular complexity index is 840. The Hall–Kier alpha value is -2.77. The Morgan fingerprint density at radius 2 is 2.03 bits per heavy atom. The van der Waals surface area contributed by atoms with E-state index in [0.717, 1.165) is 25.7 Å². The largest absolute Gasteiger partial charge is 0.493 e. The van der Waals surface area contributed by atoms with Crippen molar-refractivity contribution < 1.29 is 28.6 Å². The van der Waals surface area contributed by atoms with Gasteiger partial charge in [-0.1, -0.05) is 33.1 Å². The zero-order valence-corrected chi connectivity index (χ0v) is 18.7. The van der Waals surface area contributed by atoms with Crippen LogP contribution in [0.4, 0.5) is 0 Å². The molecule has 8 nitrogen and oxygen atoms in total. The van der Waals surface area contributed by atoms with Gasteiger partial charge >= 0.3 is 5.97 Å². The number of carbonyl (C=O) groups excluding carboxylic acids is 3. The molecule has 1 N–H and O–H groups in total. The zero-order chi connectivity index (χ0) is 22.5. The number of methoxy groups -OCH3 is 2. The predicted octanol–water partition coefficient (Wildman–Crippen LogP) is 3.20. The van der Waals surface area contributed by atoms with Crippen LogP contribution in [0.5, 0.6) is 11.5 Å². The van der Waals surface area contributed by atoms with Crippen LogP contribution < -0.4 is 14.8 Å². The second-order valence-corrected chi connectivity index (χ2v) is 8.04. The number of cyclic esters (lactones) is 1. The van der Waals surface area contributed by atoms with Gasteiger partial charge in [-0.25, -0.2) is 4.79 Å². The molecule has 1 fully saturated rings. The number of hydrogen-bond acceptors (Lipinski definition) is 6. The van der Waals surface area contributed by atoms with Gasteiger partial charge in [0.15, 0.2) is 11.5 Å². The number of carbonyl (C=O) groups is 3. The summed E-state index contributed by atoms with van der Waals surface area (Å²) in [4.78, 5) is 39.7. The molecule has 0 spiro atoms. The predicted molar refractivity (Wildman–Crippen MR) is 114 cm³/mol. The average Bonchev–Trinajstić information content (AvgIpc) is 3.32. The molecule has 8 heteroatoms. The summed E-state index contributed by atoms with van der Waals surface area (Å²) in [7, 11) is 2.93. The number of fused-ring (bicyclic) bond motifs is 1. The summed E-state index contributed by atoms with van der Waals surface area (Å²) in [6, 6.07) is 2.68. The highest BCUT2D eigenvalue weighted by Crippen LogP contribution is 2.45. The first-order chi connectivity index (χ1) is 15.0. The number of unbranched alkanes of at least 4 members (excludes halogenated alkanes) is 1. The van der Waals surface area contributed by atoms with Crippen LogP contribution in [0.25, 0.3) is 0 Å². The molecule has 2 aliphatic heterocycles. The third-order valence-electron chi connectivity index (χ3n) is 6.19. The molecule has 0 bridgehead atoms. The first kappa shape index (κ1) is 22.9. The van der Waals surface area contributed by atoms with Crippen LogP contribution in [0.2, 0.25) is 0 Å². The molecule has 2 amide bonds. The van der Waals surface area contributed by atoms with Crippen molar-refractivity contribution in [3.63, 3.8) is 0 Å². The van der Waals surface area contributed by atoms with Gasteiger partial charge in [-0.3, -0.25) is 14.5 Å². The molecule has 170 valence electrons. The maximum absolute atomic E-state index is 13.0. The minimum Gasteiger partial charge on any atom is -0.493 e. The number of benzene rings is 1. The fourth-order valence-electron chi connectivity index (χ4n) is 4.35. The van der Waals surface area contributed by atoms with Crippen molar-refractivity contribution in [3.8, 4) is 11.5 Å². The highest BCUT2D eigenvalue weighted by atomic mass is 16.6. The fraction of sp³-hybridized carbons (Fsp3) is 0.609. The average molecular weight is 433 g/mol. The molecule has 0 aliphatic carbocycles. The number of hydrogen-bond donors (Lipinski definition) is 1. The smallest absolute Gasteiger partial charge is 0.344 e. The molecule has 3 unspecified atom stereocenters. The number of nitrogens with zero attached hydrogens (tertiary/aromatic N) is 1. The molecule has 3 atom stereocenters. The first-order valence-corrected chi connectivity index (χ1v) is 11.0. The van der Waals surface area contributed by atoms with Crippen LogP contribution in [-0.4, -0.2) is 49.5 Å². The number of esters is 1. The van der Waals surface area contributed by atoms with Crippen molar-refractivity contribution in [2.24, 2.45) is 5.92 Å². The van der Waals surface area contributed by atoms with Gasteiger partial charge < -0.3 is 19.5 Å². The molecule has 3 rings (SSSR count). The highest BCUT2D eigenvalue weighted by molar-refractivity contribution is 5.99. The van der Waals surface area contributed by atoms with E-state index in [1.54, 1.807) is 12.1 Å². The van der Waals surface area contributed by atoms with E-state index in [9.17, 15) is 14.4 Å². The summed E-state index contributed by atoms with van der Waals surface area (Å²) < 4.78 is 16.2. The number of rotatable bonds is 10. The van der Waals surface area contributed by atoms with Gasteiger partial charge in [0.25, 0.3) is 0 Å². The second-order valence-electron chi connectivity index (χ2n) is 8.04. The summed E-state index contributed by atoms with van der Waals surface area (Å²) in [6.45, 7) is 4.85. The summed E-state index contributed by atoms with van der Waals surface area (Å²) in [5, 5.41) is 3.02. The minimum atomic E-state index is -0.949. The van der Waals surface area contributed by atoms with Crippen LogP contribution in [0.1, 0.15) is 74.5 Å². The lowest BCUT2D eigenvalue weighted by molar-refractivity contribution is -0.145. The Kier molecular flexibility index (Phi) is 7.41. The standard InChI is InChI=1S/C23H32N2O6/c1-5-7-8-14(6-2)13-24-21(27)16-10-12-18(26)25(16)22-15-9-11-17(29-3)20(30-4)19(15)23(28)31-22/h9,11,14,16,22H,5-8,10,12-13H2,1-4H3,(H,24,27). The molecule has 31 heavy (non-hydrogen) atoms. The molecule has 1 aromatic rings. The lowest BCUT2D eigenvalue weighted by Gasteiger charge is -2.29. The minimum absolute atomic E-state index is 0.203. The Balaban J connectivity index is 1.80. The number of ether oxygens (including phenoxy) is 3. The van der Waals surface area contributed by atoms with Crippen molar-refractivity contribution >= 4 is 17.8 Å². The van der Waals surface area contributed by atoms with E-state index in [4.69, 9.17) is 14.2 Å². The van der Waals surface area contributed by atoms with Crippen LogP contribution in [0.15, 0.2) is 12.1 Å². The van der Waals surface area contributed by atoms with E-state index < -0.39 is 18.2 Å². The van der Waals surface area contributed by atoms with Gasteiger partial charge in [0.2, 0.25) is 18.0 Å². The molecule has 0 radical (unpaired) electrons. The van der Waals surface area contributed by atoms with E-state index in [1.165, 1.54) is 19.1 Å². The van der Waals surface area contributed by atoms with E-state index in [-0.39, 0.29) is 29.5 Å². The molecular formula is C23H32N2O6. The molecule has 1 aromatic carbocycles. The quantitative estimate of drug-likeness (QED) is 0.571. The van der Waals surface area contributed by atoms with Crippen molar-refractivity contribution in [2.45, 2.75) is 64.6 Å². The van der Waals surface area contributed by atoms with E-state index in [2.05, 4.69) is 19.2 Å². The summed E-state index contributed by atoms with van der Waals surface area (Å²) in [5.74, 6) is 0.0706. The molecular weight excluding hydrogens is 400 g/mol. The Morgan fingerprint density at radius 1 is 1.26 bits per heavy atom. The van der Waals surface area contributed by atoms with Crippen LogP contribution in [-0.2, 0) is 14.3 Å². The normalized spacial score (nSPS) is 21.0. The maximum atomic E-state index is 13.0. The maximum Gasteiger partial charge on any atom is 0.344 e. The number of nitrogens with one attached hydrogen (secondary N) is 1. The molecule has 2 heterocycles. The summed E-state index contributed by atoms with van der Waals surface area (Å²) >= 11 is 0. The lowest BCUT2D eigenvalue weighted by atomic mass is 9.99. The molecule has 1 saturated heterocycles. The van der Waals surface area contributed by atoms with Crippen molar-refractivity contribution in [1.82, 2.24) is 10.2 Å². The van der Waals surface area contributed by atoms with Gasteiger partial charge in [0.1, 0.15) is 11.6 Å². The van der Waals surface area contributed by atoms with E-state index in [0.29, 0.717) is 30.2 Å². The van der Waals surface area contributed by atoms with Crippen LogP contribution in [0.3, 0.4) is 0 Å². The van der Waals surface area contributed by atoms with E-state index in [1.807, 2.05) is 0 Å². The summed E-state index contributed by atoms with van der Waals surface area (Å²) in [5.41, 5.74) is 0.737. The van der Waals surface area contributed by atoms with Crippen molar-refractivity contribution in [1.29, 1.82) is 0 Å². The number of likely N-dealkylation sites (tertiary alicyclic amines) is 1. The molecule has 0 aromatic heterocycles. The van der Waals surface area contributed by atoms with Crippen LogP contribution >= 0.6 is 0 Å². The fourth-order valence-corrected chi connectivity index (χ4v) is 4.35. The van der Waals surface area contributed by atoms with Gasteiger partial charge in [-0.2, -0.15) is 0 Å². The number of amides is 2. The SMILES string of the molecule is CCCCC(CC)CNC(=O)C1CCC(=O)N1C1OC(=O)c2c1ccc(OC)c2OC. The van der Waals surface area contributed by atoms with Crippen LogP contribution in [0, 0.1) is 5.92 Å². The monoisotopic (exact) mass is 432 g/mol. The first-order valence-electron chi connectivity index (χ1n) is 11.0. The van der Waals surface area contributed by atoms with Gasteiger partial charge in [-0.15, -0.1) is 0 Å². The van der Waals surface area contributed by atoms with Crippen molar-refractivity contribution in [3.05, 3.63) is 23.3 Å². The van der Waals surface area contributed by atoms with Gasteiger partial charge in [-0.05, 0) is 30.9 Å². The lowest BCUT2D eigenvalue weighted by Crippen LogP contribution is -2.47. The summed E-state index contributed by atoms with van der Waals surface area (Å²) in [6.07, 6.45) is 3.99. The van der Waals surface area contributed by atoms with Gasteiger partial charge in [0, 0.05) is 18.5 Å². The highest BCUT2D eigenvalue weighted by Gasteiger charge is 2.47. The van der Waals surface area contributed by atoms with Gasteiger partial charge in [0.05, 0.1) is 14.2 Å². The second kappa shape index (κ2) is 10.0.